The van der Waals surface area contributed by atoms with Gasteiger partial charge in [-0.15, -0.1) is 5.10 Å². The summed E-state index contributed by atoms with van der Waals surface area (Å²) in [7, 11) is 3.46. The molecule has 7 nitrogen and oxygen atoms in total. The first kappa shape index (κ1) is 14.9. The Morgan fingerprint density at radius 2 is 2.17 bits per heavy atom. The van der Waals surface area contributed by atoms with Crippen molar-refractivity contribution in [2.24, 2.45) is 0 Å². The highest BCUT2D eigenvalue weighted by molar-refractivity contribution is 5.27. The van der Waals surface area contributed by atoms with Crippen molar-refractivity contribution in [3.8, 4) is 0 Å². The van der Waals surface area contributed by atoms with Crippen molar-refractivity contribution in [3.63, 3.8) is 0 Å². The van der Waals surface area contributed by atoms with Crippen molar-refractivity contribution in [2.75, 3.05) is 38.8 Å². The highest BCUT2D eigenvalue weighted by Gasteiger charge is 2.26. The maximum absolute atomic E-state index is 9.28. The summed E-state index contributed by atoms with van der Waals surface area (Å²) in [6, 6.07) is 0.401. The number of nitrogens with one attached hydrogen (secondary N) is 1. The van der Waals surface area contributed by atoms with Gasteiger partial charge in [-0.3, -0.25) is 0 Å². The first-order valence-corrected chi connectivity index (χ1v) is 5.88. The van der Waals surface area contributed by atoms with Crippen LogP contribution in [-0.4, -0.2) is 54.8 Å². The molecule has 0 aliphatic carbocycles. The number of aliphatic hydroxyl groups is 1. The highest BCUT2D eigenvalue weighted by Crippen LogP contribution is 2.20. The molecule has 0 aliphatic rings. The van der Waals surface area contributed by atoms with Crippen LogP contribution < -0.4 is 10.2 Å². The van der Waals surface area contributed by atoms with Gasteiger partial charge in [-0.05, 0) is 13.8 Å². The Balaban J connectivity index is 2.52. The number of hydrogen-bond donors (Lipinski definition) is 2. The van der Waals surface area contributed by atoms with Crippen LogP contribution in [0, 0.1) is 0 Å². The Labute approximate surface area is 107 Å². The summed E-state index contributed by atoms with van der Waals surface area (Å²) in [6.45, 7) is 5.67. The molecule has 0 spiro atoms. The fraction of sp³-hybridized carbons (Fsp3) is 0.818. The third-order valence-electron chi connectivity index (χ3n) is 2.80. The van der Waals surface area contributed by atoms with E-state index in [2.05, 4.69) is 15.5 Å². The predicted octanol–water partition coefficient (Wildman–Crippen LogP) is 0.0127. The van der Waals surface area contributed by atoms with E-state index in [0.29, 0.717) is 25.1 Å². The number of methoxy groups -OCH3 is 1. The molecule has 104 valence electrons. The van der Waals surface area contributed by atoms with E-state index >= 15 is 0 Å². The summed E-state index contributed by atoms with van der Waals surface area (Å²) in [4.78, 5) is 1.76. The molecule has 18 heavy (non-hydrogen) atoms. The third-order valence-corrected chi connectivity index (χ3v) is 2.80. The van der Waals surface area contributed by atoms with E-state index in [4.69, 9.17) is 9.15 Å². The average Bonchev–Trinajstić information content (AvgIpc) is 2.82. The smallest absolute Gasteiger partial charge is 0.318 e. The number of nitrogens with zero attached hydrogens (tertiary/aromatic N) is 3. The van der Waals surface area contributed by atoms with Crippen LogP contribution >= 0.6 is 0 Å². The highest BCUT2D eigenvalue weighted by atomic mass is 16.5. The van der Waals surface area contributed by atoms with Crippen LogP contribution in [0.15, 0.2) is 4.42 Å². The summed E-state index contributed by atoms with van der Waals surface area (Å²) in [6.07, 6.45) is 0. The van der Waals surface area contributed by atoms with Gasteiger partial charge in [0.25, 0.3) is 0 Å². The Morgan fingerprint density at radius 1 is 1.44 bits per heavy atom. The van der Waals surface area contributed by atoms with E-state index in [1.807, 2.05) is 20.9 Å². The zero-order valence-electron chi connectivity index (χ0n) is 11.4. The Bertz CT molecular complexity index is 354. The quantitative estimate of drug-likeness (QED) is 0.635. The molecule has 2 N–H and O–H groups in total. The number of ether oxygens (including phenoxy) is 1. The summed E-state index contributed by atoms with van der Waals surface area (Å²) < 4.78 is 10.4. The molecule has 1 rings (SSSR count). The summed E-state index contributed by atoms with van der Waals surface area (Å²) in [5, 5.41) is 20.3. The van der Waals surface area contributed by atoms with Crippen LogP contribution in [0.2, 0.25) is 0 Å². The molecule has 0 bridgehead atoms. The molecular formula is C11H22N4O3. The number of rotatable bonds is 8. The summed E-state index contributed by atoms with van der Waals surface area (Å²) in [5.41, 5.74) is -0.437. The monoisotopic (exact) mass is 258 g/mol. The van der Waals surface area contributed by atoms with Gasteiger partial charge in [0.15, 0.2) is 0 Å². The normalized spacial score (nSPS) is 11.8. The van der Waals surface area contributed by atoms with E-state index < -0.39 is 5.54 Å². The molecule has 0 aliphatic heterocycles. The zero-order valence-corrected chi connectivity index (χ0v) is 11.4. The molecule has 1 heterocycles. The summed E-state index contributed by atoms with van der Waals surface area (Å²) in [5.74, 6) is 0.515. The molecule has 0 aromatic carbocycles. The second-order valence-electron chi connectivity index (χ2n) is 4.68. The first-order chi connectivity index (χ1) is 8.51. The standard InChI is InChI=1S/C11H22N4O3/c1-11(2,8-16)15(3)10-14-13-9(18-10)7-12-5-6-17-4/h12,16H,5-8H2,1-4H3. The minimum absolute atomic E-state index is 0.00724. The van der Waals surface area contributed by atoms with E-state index in [1.54, 1.807) is 12.0 Å². The Hall–Kier alpha value is -1.18. The molecular weight excluding hydrogens is 236 g/mol. The van der Waals surface area contributed by atoms with Crippen molar-refractivity contribution in [3.05, 3.63) is 5.89 Å². The van der Waals surface area contributed by atoms with Gasteiger partial charge in [0, 0.05) is 20.7 Å². The second kappa shape index (κ2) is 6.67. The lowest BCUT2D eigenvalue weighted by Gasteiger charge is -2.31. The van der Waals surface area contributed by atoms with Gasteiger partial charge >= 0.3 is 6.01 Å². The van der Waals surface area contributed by atoms with Gasteiger partial charge in [0.05, 0.1) is 25.3 Å². The topological polar surface area (TPSA) is 83.7 Å². The van der Waals surface area contributed by atoms with Crippen LogP contribution in [-0.2, 0) is 11.3 Å². The number of aliphatic hydroxyl groups excluding tert-OH is 1. The molecule has 7 heteroatoms. The van der Waals surface area contributed by atoms with Gasteiger partial charge in [0.1, 0.15) is 0 Å². The number of aromatic nitrogens is 2. The van der Waals surface area contributed by atoms with Gasteiger partial charge in [-0.25, -0.2) is 0 Å². The van der Waals surface area contributed by atoms with E-state index in [0.717, 1.165) is 6.54 Å². The van der Waals surface area contributed by atoms with Crippen LogP contribution in [0.3, 0.4) is 0 Å². The van der Waals surface area contributed by atoms with Gasteiger partial charge in [-0.2, -0.15) is 0 Å². The molecule has 0 fully saturated rings. The van der Waals surface area contributed by atoms with Crippen molar-refractivity contribution >= 4 is 6.01 Å². The fourth-order valence-corrected chi connectivity index (χ4v) is 1.19. The number of likely N-dealkylation sites (N-methyl/N-ethyl adjacent to an activating group) is 1. The van der Waals surface area contributed by atoms with Crippen molar-refractivity contribution in [1.82, 2.24) is 15.5 Å². The lowest BCUT2D eigenvalue weighted by Crippen LogP contribution is -2.44. The largest absolute Gasteiger partial charge is 0.407 e. The van der Waals surface area contributed by atoms with Crippen LogP contribution in [0.5, 0.6) is 0 Å². The SMILES string of the molecule is COCCNCc1nnc(N(C)C(C)(C)CO)o1. The second-order valence-corrected chi connectivity index (χ2v) is 4.68. The fourth-order valence-electron chi connectivity index (χ4n) is 1.19. The van der Waals surface area contributed by atoms with E-state index in [1.165, 1.54) is 0 Å². The lowest BCUT2D eigenvalue weighted by atomic mass is 10.1. The Kier molecular flexibility index (Phi) is 5.52. The van der Waals surface area contributed by atoms with Gasteiger partial charge < -0.3 is 24.5 Å². The van der Waals surface area contributed by atoms with Gasteiger partial charge in [0.2, 0.25) is 5.89 Å². The minimum Gasteiger partial charge on any atom is -0.407 e. The molecule has 0 amide bonds. The maximum atomic E-state index is 9.28. The van der Waals surface area contributed by atoms with Crippen molar-refractivity contribution in [1.29, 1.82) is 0 Å². The third kappa shape index (κ3) is 3.94. The van der Waals surface area contributed by atoms with Crippen LogP contribution in [0.25, 0.3) is 0 Å². The predicted molar refractivity (Wildman–Crippen MR) is 67.4 cm³/mol. The van der Waals surface area contributed by atoms with E-state index in [-0.39, 0.29) is 6.61 Å². The van der Waals surface area contributed by atoms with Crippen molar-refractivity contribution < 1.29 is 14.3 Å². The number of anilines is 1. The van der Waals surface area contributed by atoms with Gasteiger partial charge in [-0.1, -0.05) is 5.10 Å². The minimum atomic E-state index is -0.437. The van der Waals surface area contributed by atoms with Crippen molar-refractivity contribution in [2.45, 2.75) is 25.9 Å². The van der Waals surface area contributed by atoms with Crippen LogP contribution in [0.4, 0.5) is 6.01 Å². The molecule has 1 aromatic rings. The molecule has 0 saturated carbocycles. The number of hydrogen-bond acceptors (Lipinski definition) is 7. The lowest BCUT2D eigenvalue weighted by molar-refractivity contribution is 0.198. The molecule has 1 aromatic heterocycles. The average molecular weight is 258 g/mol. The van der Waals surface area contributed by atoms with Crippen LogP contribution in [0.1, 0.15) is 19.7 Å². The Morgan fingerprint density at radius 3 is 2.78 bits per heavy atom. The molecule has 0 atom stereocenters. The maximum Gasteiger partial charge on any atom is 0.318 e. The zero-order chi connectivity index (χ0) is 13.6. The molecule has 0 saturated heterocycles. The summed E-state index contributed by atoms with van der Waals surface area (Å²) >= 11 is 0. The molecule has 0 unspecified atom stereocenters. The first-order valence-electron chi connectivity index (χ1n) is 5.88. The molecule has 0 radical (unpaired) electrons. The van der Waals surface area contributed by atoms with E-state index in [9.17, 15) is 5.11 Å².